The fourth-order valence-corrected chi connectivity index (χ4v) is 5.99. The summed E-state index contributed by atoms with van der Waals surface area (Å²) in [5.41, 5.74) is 11.0. The number of hydrogen-bond donors (Lipinski definition) is 3. The number of rotatable bonds is 6. The molecule has 2 aromatic rings. The van der Waals surface area contributed by atoms with Crippen LogP contribution in [0.1, 0.15) is 46.5 Å². The lowest BCUT2D eigenvalue weighted by Crippen LogP contribution is -2.45. The van der Waals surface area contributed by atoms with Crippen LogP contribution in [0.5, 0.6) is 0 Å². The van der Waals surface area contributed by atoms with E-state index in [9.17, 15) is 22.8 Å². The number of halogens is 1. The minimum Gasteiger partial charge on any atom is -0.382 e. The zero-order valence-corrected chi connectivity index (χ0v) is 24.5. The highest BCUT2D eigenvalue weighted by molar-refractivity contribution is 7.89. The Balaban J connectivity index is 1.40. The number of nitrogens with zero attached hydrogens (tertiary/aromatic N) is 6. The Morgan fingerprint density at radius 1 is 1.07 bits per heavy atom. The van der Waals surface area contributed by atoms with E-state index in [0.29, 0.717) is 44.6 Å². The average Bonchev–Trinajstić information content (AvgIpc) is 3.31. The van der Waals surface area contributed by atoms with Crippen LogP contribution in [0.4, 0.5) is 11.6 Å². The molecule has 4 rings (SSSR count). The lowest BCUT2D eigenvalue weighted by molar-refractivity contribution is -0.128. The second-order valence-electron chi connectivity index (χ2n) is 10.2. The number of aliphatic imine (C=N–C) groups is 1. The molecule has 3 amide bonds. The molecule has 1 aromatic carbocycles. The Morgan fingerprint density at radius 3 is 2.41 bits per heavy atom. The van der Waals surface area contributed by atoms with E-state index in [1.54, 1.807) is 25.1 Å². The minimum absolute atomic E-state index is 0.0700. The average molecular weight is 606 g/mol. The van der Waals surface area contributed by atoms with E-state index in [-0.39, 0.29) is 51.3 Å². The van der Waals surface area contributed by atoms with Gasteiger partial charge < -0.3 is 26.6 Å². The van der Waals surface area contributed by atoms with Crippen molar-refractivity contribution in [3.8, 4) is 0 Å². The fraction of sp³-hybridized carbons (Fsp3) is 0.440. The second-order valence-corrected chi connectivity index (χ2v) is 12.6. The topological polar surface area (TPSA) is 197 Å². The van der Waals surface area contributed by atoms with Gasteiger partial charge in [-0.2, -0.15) is 4.31 Å². The van der Waals surface area contributed by atoms with Crippen LogP contribution in [0, 0.1) is 0 Å². The van der Waals surface area contributed by atoms with Gasteiger partial charge in [-0.25, -0.2) is 18.4 Å². The first-order valence-corrected chi connectivity index (χ1v) is 14.6. The summed E-state index contributed by atoms with van der Waals surface area (Å²) in [4.78, 5) is 53.4. The Morgan fingerprint density at radius 2 is 1.76 bits per heavy atom. The Hall–Kier alpha value is -3.82. The van der Waals surface area contributed by atoms with Crippen molar-refractivity contribution in [2.75, 3.05) is 52.2 Å². The largest absolute Gasteiger partial charge is 0.382 e. The number of nitrogens with one attached hydrogen (secondary N) is 1. The normalized spacial score (nSPS) is 16.5. The summed E-state index contributed by atoms with van der Waals surface area (Å²) in [5, 5.41) is 2.60. The molecule has 1 fully saturated rings. The molecule has 0 radical (unpaired) electrons. The van der Waals surface area contributed by atoms with Gasteiger partial charge in [0.2, 0.25) is 15.9 Å². The van der Waals surface area contributed by atoms with Gasteiger partial charge in [-0.1, -0.05) is 17.7 Å². The molecule has 0 atom stereocenters. The van der Waals surface area contributed by atoms with Crippen LogP contribution in [0.25, 0.3) is 0 Å². The van der Waals surface area contributed by atoms with E-state index in [4.69, 9.17) is 28.1 Å². The van der Waals surface area contributed by atoms with Crippen molar-refractivity contribution < 1.29 is 22.8 Å². The lowest BCUT2D eigenvalue weighted by atomic mass is 9.86. The second kappa shape index (κ2) is 11.6. The molecule has 0 unspecified atom stereocenters. The number of piperidine rings is 1. The number of carbonyl (C=O) groups is 3. The van der Waals surface area contributed by atoms with Gasteiger partial charge in [0.1, 0.15) is 5.84 Å². The molecule has 5 N–H and O–H groups in total. The van der Waals surface area contributed by atoms with Gasteiger partial charge in [0, 0.05) is 46.2 Å². The Bertz CT molecular complexity index is 1520. The van der Waals surface area contributed by atoms with Gasteiger partial charge in [0.25, 0.3) is 11.8 Å². The quantitative estimate of drug-likeness (QED) is 0.422. The molecule has 1 spiro atoms. The van der Waals surface area contributed by atoms with Crippen molar-refractivity contribution in [3.63, 3.8) is 0 Å². The number of likely N-dealkylation sites (N-methyl/N-ethyl adjacent to an activating group) is 2. The highest BCUT2D eigenvalue weighted by Crippen LogP contribution is 2.36. The van der Waals surface area contributed by atoms with Gasteiger partial charge in [-0.3, -0.25) is 19.4 Å². The van der Waals surface area contributed by atoms with Gasteiger partial charge in [0.05, 0.1) is 17.0 Å². The van der Waals surface area contributed by atoms with Crippen LogP contribution in [-0.4, -0.2) is 102 Å². The maximum absolute atomic E-state index is 13.3. The zero-order valence-electron chi connectivity index (χ0n) is 22.9. The summed E-state index contributed by atoms with van der Waals surface area (Å²) in [6, 6.07) is 5.80. The molecule has 220 valence electrons. The molecule has 0 saturated carbocycles. The fourth-order valence-electron chi connectivity index (χ4n) is 4.70. The summed E-state index contributed by atoms with van der Waals surface area (Å²) in [5.74, 6) is -0.985. The van der Waals surface area contributed by atoms with E-state index >= 15 is 0 Å². The van der Waals surface area contributed by atoms with Crippen LogP contribution >= 0.6 is 11.6 Å². The lowest BCUT2D eigenvalue weighted by Gasteiger charge is -2.37. The van der Waals surface area contributed by atoms with Gasteiger partial charge >= 0.3 is 0 Å². The van der Waals surface area contributed by atoms with Crippen LogP contribution < -0.4 is 16.8 Å². The number of hydrogen-bond acceptors (Lipinski definition) is 10. The predicted molar refractivity (Wildman–Crippen MR) is 153 cm³/mol. The number of amides is 3. The van der Waals surface area contributed by atoms with E-state index < -0.39 is 21.5 Å². The summed E-state index contributed by atoms with van der Waals surface area (Å²) in [6.45, 7) is 0.493. The van der Waals surface area contributed by atoms with E-state index in [1.807, 2.05) is 0 Å². The minimum atomic E-state index is -3.98. The maximum atomic E-state index is 13.3. The molecule has 1 saturated heterocycles. The monoisotopic (exact) mass is 605 g/mol. The summed E-state index contributed by atoms with van der Waals surface area (Å²) in [6.07, 6.45) is 2.36. The third-order valence-electron chi connectivity index (χ3n) is 7.20. The van der Waals surface area contributed by atoms with Crippen molar-refractivity contribution in [1.29, 1.82) is 0 Å². The van der Waals surface area contributed by atoms with Crippen molar-refractivity contribution in [3.05, 3.63) is 40.7 Å². The van der Waals surface area contributed by atoms with Gasteiger partial charge in [0.15, 0.2) is 22.5 Å². The smallest absolute Gasteiger partial charge is 0.279 e. The van der Waals surface area contributed by atoms with Crippen LogP contribution in [0.3, 0.4) is 0 Å². The first-order chi connectivity index (χ1) is 19.2. The highest BCUT2D eigenvalue weighted by Gasteiger charge is 2.40. The number of anilines is 2. The summed E-state index contributed by atoms with van der Waals surface area (Å²) < 4.78 is 27.0. The molecule has 2 aliphatic rings. The number of carbonyl (C=O) groups excluding carboxylic acids is 3. The van der Waals surface area contributed by atoms with Crippen LogP contribution in [0.15, 0.2) is 34.2 Å². The third-order valence-corrected chi connectivity index (χ3v) is 9.28. The van der Waals surface area contributed by atoms with E-state index in [2.05, 4.69) is 15.3 Å². The number of likely N-dealkylation sites (tertiary alicyclic amines) is 1. The SMILES string of the molecule is CN(C)C(=O)CN(C)S(=O)(=O)c1cccc(C(=O)N2CCC3(CCC(NC(=O)c4nc(Cl)c(N)nc4N)=N3)CC2)c1. The van der Waals surface area contributed by atoms with Crippen molar-refractivity contribution >= 4 is 56.8 Å². The number of amidine groups is 1. The summed E-state index contributed by atoms with van der Waals surface area (Å²) in [7, 11) is 0.425. The zero-order chi connectivity index (χ0) is 30.1. The van der Waals surface area contributed by atoms with Gasteiger partial charge in [-0.05, 0) is 37.5 Å². The maximum Gasteiger partial charge on any atom is 0.279 e. The van der Waals surface area contributed by atoms with Crippen LogP contribution in [0.2, 0.25) is 5.15 Å². The number of benzene rings is 1. The Labute approximate surface area is 242 Å². The molecule has 14 nitrogen and oxygen atoms in total. The highest BCUT2D eigenvalue weighted by atomic mass is 35.5. The van der Waals surface area contributed by atoms with Crippen molar-refractivity contribution in [2.24, 2.45) is 4.99 Å². The molecule has 2 aliphatic heterocycles. The molecule has 3 heterocycles. The first kappa shape index (κ1) is 30.1. The molecule has 41 heavy (non-hydrogen) atoms. The van der Waals surface area contributed by atoms with Crippen molar-refractivity contribution in [2.45, 2.75) is 36.1 Å². The molecule has 0 aliphatic carbocycles. The number of sulfonamides is 1. The number of nitrogen functional groups attached to an aromatic ring is 2. The van der Waals surface area contributed by atoms with E-state index in [1.165, 1.54) is 30.1 Å². The Kier molecular flexibility index (Phi) is 8.52. The molecule has 1 aromatic heterocycles. The third kappa shape index (κ3) is 6.41. The summed E-state index contributed by atoms with van der Waals surface area (Å²) >= 11 is 5.88. The molecule has 0 bridgehead atoms. The standard InChI is InChI=1S/C25H32ClN9O5S/c1-33(2)18(36)14-34(3)41(39,40)16-6-4-5-15(13-16)24(38)35-11-9-25(10-12-35)8-7-17(32-25)29-23(37)19-21(27)31-22(28)20(26)30-19/h4-6,13H,7-12,14H2,1-3H3,(H4,27,28,31)(H,29,32,37). The van der Waals surface area contributed by atoms with Crippen molar-refractivity contribution in [1.82, 2.24) is 29.4 Å². The molecule has 16 heteroatoms. The predicted octanol–water partition coefficient (Wildman–Crippen LogP) is 0.600. The number of nitrogens with two attached hydrogens (primary N) is 2. The van der Waals surface area contributed by atoms with Crippen LogP contribution in [-0.2, 0) is 14.8 Å². The van der Waals surface area contributed by atoms with E-state index in [0.717, 1.165) is 4.31 Å². The molecular formula is C25H32ClN9O5S. The molecular weight excluding hydrogens is 574 g/mol. The van der Waals surface area contributed by atoms with Gasteiger partial charge in [-0.15, -0.1) is 0 Å². The number of aromatic nitrogens is 2. The first-order valence-electron chi connectivity index (χ1n) is 12.8.